The number of hydrogen-bond donors (Lipinski definition) is 2. The molecule has 0 spiro atoms. The topological polar surface area (TPSA) is 49.5 Å². The molecule has 1 saturated carbocycles. The second-order valence-corrected chi connectivity index (χ2v) is 5.65. The second-order valence-electron chi connectivity index (χ2n) is 5.65. The van der Waals surface area contributed by atoms with Crippen LogP contribution in [0.25, 0.3) is 0 Å². The Morgan fingerprint density at radius 1 is 1.18 bits per heavy atom. The van der Waals surface area contributed by atoms with Crippen LogP contribution in [0.4, 0.5) is 0 Å². The highest BCUT2D eigenvalue weighted by Gasteiger charge is 2.42. The standard InChI is InChI=1S/C14H30N2O/c1-3-5-9-16(10-6-4-2)11-14(15,12-17)13-7-8-13/h13,17H,3-12,15H2,1-2H3. The first-order valence-corrected chi connectivity index (χ1v) is 7.28. The summed E-state index contributed by atoms with van der Waals surface area (Å²) >= 11 is 0. The van der Waals surface area contributed by atoms with E-state index in [0.717, 1.165) is 19.6 Å². The summed E-state index contributed by atoms with van der Waals surface area (Å²) in [4.78, 5) is 2.46. The van der Waals surface area contributed by atoms with E-state index in [9.17, 15) is 5.11 Å². The van der Waals surface area contributed by atoms with Crippen molar-refractivity contribution in [2.75, 3.05) is 26.2 Å². The normalized spacial score (nSPS) is 19.6. The van der Waals surface area contributed by atoms with Gasteiger partial charge in [0.2, 0.25) is 0 Å². The quantitative estimate of drug-likeness (QED) is 0.616. The molecule has 0 aromatic rings. The maximum atomic E-state index is 9.54. The Balaban J connectivity index is 2.43. The Labute approximate surface area is 106 Å². The monoisotopic (exact) mass is 242 g/mol. The predicted octanol–water partition coefficient (Wildman–Crippen LogP) is 1.99. The van der Waals surface area contributed by atoms with E-state index in [1.54, 1.807) is 0 Å². The third-order valence-corrected chi connectivity index (χ3v) is 3.86. The molecule has 0 amide bonds. The smallest absolute Gasteiger partial charge is 0.0626 e. The van der Waals surface area contributed by atoms with Gasteiger partial charge in [-0.2, -0.15) is 0 Å². The van der Waals surface area contributed by atoms with Crippen LogP contribution in [0, 0.1) is 5.92 Å². The van der Waals surface area contributed by atoms with Gasteiger partial charge in [-0.25, -0.2) is 0 Å². The number of nitrogens with two attached hydrogens (primary N) is 1. The van der Waals surface area contributed by atoms with Crippen molar-refractivity contribution in [3.63, 3.8) is 0 Å². The van der Waals surface area contributed by atoms with E-state index in [1.807, 2.05) is 0 Å². The van der Waals surface area contributed by atoms with Crippen molar-refractivity contribution in [2.45, 2.75) is 57.9 Å². The molecular formula is C14H30N2O. The fourth-order valence-corrected chi connectivity index (χ4v) is 2.42. The molecule has 0 aliphatic heterocycles. The predicted molar refractivity (Wildman–Crippen MR) is 73.0 cm³/mol. The van der Waals surface area contributed by atoms with Crippen LogP contribution in [0.2, 0.25) is 0 Å². The van der Waals surface area contributed by atoms with Gasteiger partial charge in [0.1, 0.15) is 0 Å². The van der Waals surface area contributed by atoms with Crippen molar-refractivity contribution in [2.24, 2.45) is 11.7 Å². The molecule has 0 saturated heterocycles. The third-order valence-electron chi connectivity index (χ3n) is 3.86. The first kappa shape index (κ1) is 14.9. The van der Waals surface area contributed by atoms with E-state index in [0.29, 0.717) is 5.92 Å². The summed E-state index contributed by atoms with van der Waals surface area (Å²) in [6.45, 7) is 7.70. The molecule has 1 atom stereocenters. The minimum Gasteiger partial charge on any atom is -0.394 e. The molecule has 1 rings (SSSR count). The summed E-state index contributed by atoms with van der Waals surface area (Å²) in [6.07, 6.45) is 7.32. The zero-order valence-electron chi connectivity index (χ0n) is 11.6. The number of unbranched alkanes of at least 4 members (excludes halogenated alkanes) is 2. The summed E-state index contributed by atoms with van der Waals surface area (Å²) in [5, 5.41) is 9.54. The van der Waals surface area contributed by atoms with Crippen LogP contribution in [0.15, 0.2) is 0 Å². The molecule has 0 radical (unpaired) electrons. The van der Waals surface area contributed by atoms with Gasteiger partial charge in [-0.1, -0.05) is 26.7 Å². The minimum absolute atomic E-state index is 0.131. The average Bonchev–Trinajstić information content (AvgIpc) is 3.16. The lowest BCUT2D eigenvalue weighted by molar-refractivity contribution is 0.118. The summed E-state index contributed by atoms with van der Waals surface area (Å²) in [6, 6.07) is 0. The molecule has 1 aliphatic carbocycles. The Bertz CT molecular complexity index is 198. The molecule has 3 heteroatoms. The summed E-state index contributed by atoms with van der Waals surface area (Å²) < 4.78 is 0. The van der Waals surface area contributed by atoms with Crippen molar-refractivity contribution in [3.05, 3.63) is 0 Å². The molecule has 1 unspecified atom stereocenters. The van der Waals surface area contributed by atoms with E-state index < -0.39 is 0 Å². The highest BCUT2D eigenvalue weighted by molar-refractivity contribution is 5.00. The zero-order valence-corrected chi connectivity index (χ0v) is 11.6. The van der Waals surface area contributed by atoms with Crippen molar-refractivity contribution >= 4 is 0 Å². The van der Waals surface area contributed by atoms with Gasteiger partial charge in [0.15, 0.2) is 0 Å². The Morgan fingerprint density at radius 3 is 2.06 bits per heavy atom. The van der Waals surface area contributed by atoms with Crippen LogP contribution in [0.1, 0.15) is 52.4 Å². The van der Waals surface area contributed by atoms with Crippen molar-refractivity contribution < 1.29 is 5.11 Å². The van der Waals surface area contributed by atoms with Crippen LogP contribution in [-0.4, -0.2) is 41.8 Å². The van der Waals surface area contributed by atoms with E-state index >= 15 is 0 Å². The van der Waals surface area contributed by atoms with E-state index in [1.165, 1.54) is 38.5 Å². The molecule has 0 aromatic carbocycles. The van der Waals surface area contributed by atoms with Crippen LogP contribution in [-0.2, 0) is 0 Å². The van der Waals surface area contributed by atoms with Crippen LogP contribution in [0.5, 0.6) is 0 Å². The van der Waals surface area contributed by atoms with Crippen molar-refractivity contribution in [1.29, 1.82) is 0 Å². The van der Waals surface area contributed by atoms with Crippen LogP contribution in [0.3, 0.4) is 0 Å². The molecule has 3 N–H and O–H groups in total. The molecule has 1 fully saturated rings. The number of nitrogens with zero attached hydrogens (tertiary/aromatic N) is 1. The molecule has 17 heavy (non-hydrogen) atoms. The lowest BCUT2D eigenvalue weighted by atomic mass is 9.94. The SMILES string of the molecule is CCCCN(CCCC)CC(N)(CO)C1CC1. The van der Waals surface area contributed by atoms with Crippen molar-refractivity contribution in [3.8, 4) is 0 Å². The van der Waals surface area contributed by atoms with Crippen LogP contribution >= 0.6 is 0 Å². The van der Waals surface area contributed by atoms with Gasteiger partial charge >= 0.3 is 0 Å². The highest BCUT2D eigenvalue weighted by atomic mass is 16.3. The van der Waals surface area contributed by atoms with Crippen LogP contribution < -0.4 is 5.73 Å². The van der Waals surface area contributed by atoms with Gasteiger partial charge in [0.05, 0.1) is 12.1 Å². The van der Waals surface area contributed by atoms with Gasteiger partial charge in [-0.05, 0) is 44.7 Å². The number of aliphatic hydroxyl groups is 1. The van der Waals surface area contributed by atoms with E-state index in [4.69, 9.17) is 5.73 Å². The maximum Gasteiger partial charge on any atom is 0.0626 e. The fraction of sp³-hybridized carbons (Fsp3) is 1.00. The van der Waals surface area contributed by atoms with Crippen molar-refractivity contribution in [1.82, 2.24) is 4.90 Å². The number of aliphatic hydroxyl groups excluding tert-OH is 1. The average molecular weight is 242 g/mol. The summed E-state index contributed by atoms with van der Waals surface area (Å²) in [5.74, 6) is 0.554. The first-order chi connectivity index (χ1) is 8.16. The summed E-state index contributed by atoms with van der Waals surface area (Å²) in [7, 11) is 0. The maximum absolute atomic E-state index is 9.54. The second kappa shape index (κ2) is 7.34. The number of rotatable bonds is 10. The van der Waals surface area contributed by atoms with Gasteiger partial charge in [-0.3, -0.25) is 0 Å². The molecule has 1 aliphatic rings. The summed E-state index contributed by atoms with van der Waals surface area (Å²) in [5.41, 5.74) is 6.01. The van der Waals surface area contributed by atoms with Gasteiger partial charge in [0, 0.05) is 6.54 Å². The molecule has 0 bridgehead atoms. The first-order valence-electron chi connectivity index (χ1n) is 7.28. The molecule has 0 aromatic heterocycles. The Morgan fingerprint density at radius 2 is 1.71 bits per heavy atom. The molecule has 102 valence electrons. The zero-order chi connectivity index (χ0) is 12.7. The molecule has 3 nitrogen and oxygen atoms in total. The minimum atomic E-state index is -0.346. The lowest BCUT2D eigenvalue weighted by Gasteiger charge is -2.34. The van der Waals surface area contributed by atoms with Gasteiger partial charge in [0.25, 0.3) is 0 Å². The van der Waals surface area contributed by atoms with Gasteiger partial charge in [-0.15, -0.1) is 0 Å². The largest absolute Gasteiger partial charge is 0.394 e. The van der Waals surface area contributed by atoms with E-state index in [2.05, 4.69) is 18.7 Å². The third kappa shape index (κ3) is 4.94. The fourth-order valence-electron chi connectivity index (χ4n) is 2.42. The highest BCUT2D eigenvalue weighted by Crippen LogP contribution is 2.38. The molecule has 0 heterocycles. The Kier molecular flexibility index (Phi) is 6.45. The molecular weight excluding hydrogens is 212 g/mol. The number of hydrogen-bond acceptors (Lipinski definition) is 3. The van der Waals surface area contributed by atoms with Gasteiger partial charge < -0.3 is 15.7 Å². The lowest BCUT2D eigenvalue weighted by Crippen LogP contribution is -2.55. The Hall–Kier alpha value is -0.120. The van der Waals surface area contributed by atoms with E-state index in [-0.39, 0.29) is 12.1 Å².